The van der Waals surface area contributed by atoms with Crippen molar-refractivity contribution in [3.05, 3.63) is 83.0 Å². The molecule has 0 saturated heterocycles. The number of hydrogen-bond acceptors (Lipinski definition) is 8. The van der Waals surface area contributed by atoms with Gasteiger partial charge in [-0.3, -0.25) is 9.59 Å². The second-order valence-electron chi connectivity index (χ2n) is 7.55. The van der Waals surface area contributed by atoms with Crippen LogP contribution < -0.4 is 10.2 Å². The van der Waals surface area contributed by atoms with Crippen LogP contribution in [0.1, 0.15) is 34.3 Å². The third kappa shape index (κ3) is 5.99. The Morgan fingerprint density at radius 1 is 1.14 bits per heavy atom. The van der Waals surface area contributed by atoms with Gasteiger partial charge in [0.25, 0.3) is 5.91 Å². The summed E-state index contributed by atoms with van der Waals surface area (Å²) in [6.45, 7) is 2.73. The highest BCUT2D eigenvalue weighted by Gasteiger charge is 2.20. The number of anilines is 2. The van der Waals surface area contributed by atoms with Crippen LogP contribution in [-0.4, -0.2) is 35.0 Å². The summed E-state index contributed by atoms with van der Waals surface area (Å²) >= 11 is 1.45. The van der Waals surface area contributed by atoms with E-state index in [0.29, 0.717) is 35.5 Å². The number of benzene rings is 2. The van der Waals surface area contributed by atoms with Crippen molar-refractivity contribution in [2.45, 2.75) is 19.9 Å². The van der Waals surface area contributed by atoms with Gasteiger partial charge >= 0.3 is 5.97 Å². The van der Waals surface area contributed by atoms with Crippen LogP contribution in [-0.2, 0) is 16.1 Å². The third-order valence-corrected chi connectivity index (χ3v) is 6.13. The fraction of sp³-hybridized carbons (Fsp3) is 0.192. The Morgan fingerprint density at radius 2 is 1.91 bits per heavy atom. The van der Waals surface area contributed by atoms with Crippen LogP contribution in [0.2, 0.25) is 0 Å². The molecule has 8 nitrogen and oxygen atoms in total. The highest BCUT2D eigenvalue weighted by molar-refractivity contribution is 7.18. The number of nitriles is 1. The summed E-state index contributed by atoms with van der Waals surface area (Å²) in [5, 5.41) is 13.0. The Balaban J connectivity index is 1.51. The van der Waals surface area contributed by atoms with Crippen molar-refractivity contribution in [1.29, 1.82) is 5.26 Å². The molecule has 2 aromatic heterocycles. The van der Waals surface area contributed by atoms with Crippen LogP contribution in [0, 0.1) is 11.3 Å². The summed E-state index contributed by atoms with van der Waals surface area (Å²) in [4.78, 5) is 36.7. The molecule has 0 bridgehead atoms. The number of fused-ring (bicyclic) bond motifs is 1. The van der Waals surface area contributed by atoms with Gasteiger partial charge in [-0.05, 0) is 49.4 Å². The Kier molecular flexibility index (Phi) is 7.65. The number of ether oxygens (including phenoxy) is 1. The summed E-state index contributed by atoms with van der Waals surface area (Å²) in [7, 11) is 0. The fourth-order valence-electron chi connectivity index (χ4n) is 3.45. The first kappa shape index (κ1) is 23.9. The first-order valence-electron chi connectivity index (χ1n) is 11.1. The maximum Gasteiger partial charge on any atom is 0.307 e. The molecule has 1 amide bonds. The lowest BCUT2D eigenvalue weighted by atomic mass is 10.2. The van der Waals surface area contributed by atoms with E-state index >= 15 is 0 Å². The third-order valence-electron chi connectivity index (χ3n) is 5.15. The van der Waals surface area contributed by atoms with Gasteiger partial charge in [-0.25, -0.2) is 9.97 Å². The predicted octanol–water partition coefficient (Wildman–Crippen LogP) is 4.78. The number of pyridine rings is 1. The monoisotopic (exact) mass is 485 g/mol. The highest BCUT2D eigenvalue weighted by Crippen LogP contribution is 2.24. The molecule has 0 aliphatic rings. The second kappa shape index (κ2) is 11.2. The molecule has 0 spiro atoms. The van der Waals surface area contributed by atoms with E-state index in [4.69, 9.17) is 10.00 Å². The van der Waals surface area contributed by atoms with Crippen molar-refractivity contribution in [2.24, 2.45) is 0 Å². The summed E-state index contributed by atoms with van der Waals surface area (Å²) < 4.78 is 5.02. The molecule has 4 rings (SSSR count). The van der Waals surface area contributed by atoms with Gasteiger partial charge in [0.15, 0.2) is 0 Å². The van der Waals surface area contributed by atoms with Crippen molar-refractivity contribution in [1.82, 2.24) is 9.97 Å². The van der Waals surface area contributed by atoms with Crippen LogP contribution in [0.4, 0.5) is 11.4 Å². The highest BCUT2D eigenvalue weighted by atomic mass is 32.1. The molecular formula is C26H23N5O3S. The number of para-hydroxylation sites is 1. The normalized spacial score (nSPS) is 10.5. The number of carbonyl (C=O) groups is 2. The summed E-state index contributed by atoms with van der Waals surface area (Å²) in [5.74, 6) is -0.617. The van der Waals surface area contributed by atoms with E-state index < -0.39 is 0 Å². The molecule has 9 heteroatoms. The van der Waals surface area contributed by atoms with Crippen molar-refractivity contribution in [3.8, 4) is 6.07 Å². The van der Waals surface area contributed by atoms with E-state index in [0.717, 1.165) is 15.5 Å². The average Bonchev–Trinajstić information content (AvgIpc) is 3.31. The molecule has 176 valence electrons. The SMILES string of the molecule is CCOC(=O)CCN(C(=O)c1cnc2sc(CNc3ccc(C#N)cc3)nc2c1)c1ccccc1. The number of esters is 1. The van der Waals surface area contributed by atoms with Crippen LogP contribution in [0.25, 0.3) is 10.3 Å². The Morgan fingerprint density at radius 3 is 2.63 bits per heavy atom. The largest absolute Gasteiger partial charge is 0.466 e. The molecule has 0 radical (unpaired) electrons. The zero-order valence-electron chi connectivity index (χ0n) is 19.1. The van der Waals surface area contributed by atoms with E-state index in [9.17, 15) is 9.59 Å². The second-order valence-corrected chi connectivity index (χ2v) is 8.61. The van der Waals surface area contributed by atoms with Gasteiger partial charge in [-0.1, -0.05) is 29.5 Å². The zero-order valence-corrected chi connectivity index (χ0v) is 19.9. The number of hydrogen-bond donors (Lipinski definition) is 1. The number of rotatable bonds is 9. The molecule has 0 aliphatic carbocycles. The van der Waals surface area contributed by atoms with Gasteiger partial charge < -0.3 is 15.0 Å². The average molecular weight is 486 g/mol. The van der Waals surface area contributed by atoms with Crippen LogP contribution in [0.3, 0.4) is 0 Å². The smallest absolute Gasteiger partial charge is 0.307 e. The number of nitrogens with one attached hydrogen (secondary N) is 1. The van der Waals surface area contributed by atoms with Crippen molar-refractivity contribution in [3.63, 3.8) is 0 Å². The standard InChI is InChI=1S/C26H23N5O3S/c1-2-34-24(32)12-13-31(21-6-4-3-5-7-21)26(33)19-14-22-25(29-16-19)35-23(30-22)17-28-20-10-8-18(15-27)9-11-20/h3-11,14,16,28H,2,12-13,17H2,1H3. The quantitative estimate of drug-likeness (QED) is 0.340. The topological polar surface area (TPSA) is 108 Å². The van der Waals surface area contributed by atoms with Gasteiger partial charge in [0.05, 0.1) is 36.8 Å². The molecule has 2 heterocycles. The van der Waals surface area contributed by atoms with Crippen LogP contribution in [0.5, 0.6) is 0 Å². The van der Waals surface area contributed by atoms with E-state index in [1.807, 2.05) is 42.5 Å². The fourth-order valence-corrected chi connectivity index (χ4v) is 4.27. The maximum absolute atomic E-state index is 13.4. The minimum atomic E-state index is -0.353. The van der Waals surface area contributed by atoms with E-state index in [-0.39, 0.29) is 24.8 Å². The summed E-state index contributed by atoms with van der Waals surface area (Å²) in [5.41, 5.74) is 3.20. The predicted molar refractivity (Wildman–Crippen MR) is 135 cm³/mol. The molecule has 35 heavy (non-hydrogen) atoms. The van der Waals surface area contributed by atoms with E-state index in [2.05, 4.69) is 21.4 Å². The number of amides is 1. The Hall–Kier alpha value is -4.29. The molecule has 0 atom stereocenters. The minimum Gasteiger partial charge on any atom is -0.466 e. The van der Waals surface area contributed by atoms with Gasteiger partial charge in [-0.2, -0.15) is 5.26 Å². The van der Waals surface area contributed by atoms with Gasteiger partial charge in [-0.15, -0.1) is 0 Å². The van der Waals surface area contributed by atoms with Crippen molar-refractivity contribution >= 4 is 44.9 Å². The summed E-state index contributed by atoms with van der Waals surface area (Å²) in [6, 6.07) is 20.2. The molecule has 0 aliphatic heterocycles. The lowest BCUT2D eigenvalue weighted by molar-refractivity contribution is -0.142. The lowest BCUT2D eigenvalue weighted by Gasteiger charge is -2.22. The van der Waals surface area contributed by atoms with Gasteiger partial charge in [0.1, 0.15) is 15.4 Å². The van der Waals surface area contributed by atoms with Crippen LogP contribution >= 0.6 is 11.3 Å². The van der Waals surface area contributed by atoms with Gasteiger partial charge in [0.2, 0.25) is 0 Å². The number of thiazole rings is 1. The first-order valence-corrected chi connectivity index (χ1v) is 11.9. The number of carbonyl (C=O) groups excluding carboxylic acids is 2. The van der Waals surface area contributed by atoms with E-state index in [1.54, 1.807) is 36.2 Å². The lowest BCUT2D eigenvalue weighted by Crippen LogP contribution is -2.33. The number of aromatic nitrogens is 2. The van der Waals surface area contributed by atoms with Crippen molar-refractivity contribution in [2.75, 3.05) is 23.4 Å². The molecular weight excluding hydrogens is 462 g/mol. The molecule has 0 fully saturated rings. The Bertz CT molecular complexity index is 1360. The van der Waals surface area contributed by atoms with Crippen LogP contribution in [0.15, 0.2) is 66.9 Å². The number of nitrogens with zero attached hydrogens (tertiary/aromatic N) is 4. The minimum absolute atomic E-state index is 0.0893. The molecule has 4 aromatic rings. The first-order chi connectivity index (χ1) is 17.1. The zero-order chi connectivity index (χ0) is 24.6. The summed E-state index contributed by atoms with van der Waals surface area (Å²) in [6.07, 6.45) is 1.63. The molecule has 0 saturated carbocycles. The maximum atomic E-state index is 13.4. The Labute approximate surface area is 206 Å². The molecule has 1 N–H and O–H groups in total. The van der Waals surface area contributed by atoms with E-state index in [1.165, 1.54) is 11.3 Å². The molecule has 2 aromatic carbocycles. The van der Waals surface area contributed by atoms with Gasteiger partial charge in [0, 0.05) is 24.1 Å². The molecule has 0 unspecified atom stereocenters. The van der Waals surface area contributed by atoms with Crippen molar-refractivity contribution < 1.29 is 14.3 Å².